The number of urea groups is 1. The molecule has 4 rings (SSSR count). The third-order valence-corrected chi connectivity index (χ3v) is 4.52. The zero-order valence-electron chi connectivity index (χ0n) is 15.1. The van der Waals surface area contributed by atoms with E-state index in [-0.39, 0.29) is 24.4 Å². The molecule has 0 atom stereocenters. The zero-order valence-corrected chi connectivity index (χ0v) is 15.1. The van der Waals surface area contributed by atoms with Gasteiger partial charge >= 0.3 is 6.03 Å². The number of amides is 4. The molecule has 1 fully saturated rings. The summed E-state index contributed by atoms with van der Waals surface area (Å²) in [6, 6.07) is 6.19. The highest BCUT2D eigenvalue weighted by Gasteiger charge is 2.44. The number of rotatable bonds is 4. The van der Waals surface area contributed by atoms with Gasteiger partial charge in [-0.3, -0.25) is 14.5 Å². The lowest BCUT2D eigenvalue weighted by atomic mass is 10.1. The van der Waals surface area contributed by atoms with Crippen molar-refractivity contribution in [3.05, 3.63) is 52.6 Å². The Kier molecular flexibility index (Phi) is 4.10. The van der Waals surface area contributed by atoms with Gasteiger partial charge in [-0.05, 0) is 51.0 Å². The Labute approximate surface area is 156 Å². The quantitative estimate of drug-likeness (QED) is 0.808. The molecule has 0 unspecified atom stereocenters. The molecule has 0 radical (unpaired) electrons. The van der Waals surface area contributed by atoms with E-state index in [0.29, 0.717) is 22.6 Å². The van der Waals surface area contributed by atoms with Gasteiger partial charge in [-0.25, -0.2) is 14.8 Å². The number of nitrogens with one attached hydrogen (secondary N) is 2. The standard InChI is InChI=1S/C19H19N5O3/c1-10-7-11(2)22-16(21-10)9-20-19(27)23-12-3-6-14-15(8-12)18(26)24(17(14)25)13-4-5-13/h3,6-8,13H,4-5,9H2,1-2H3,(H2,20,23,27). The van der Waals surface area contributed by atoms with Gasteiger partial charge in [-0.15, -0.1) is 0 Å². The second-order valence-corrected chi connectivity index (χ2v) is 6.85. The Hall–Kier alpha value is -3.29. The number of carbonyl (C=O) groups excluding carboxylic acids is 3. The van der Waals surface area contributed by atoms with Crippen LogP contribution in [0.1, 0.15) is 50.8 Å². The first-order valence-electron chi connectivity index (χ1n) is 8.80. The van der Waals surface area contributed by atoms with Crippen LogP contribution in [0.3, 0.4) is 0 Å². The van der Waals surface area contributed by atoms with Gasteiger partial charge < -0.3 is 10.6 Å². The Bertz CT molecular complexity index is 948. The van der Waals surface area contributed by atoms with Gasteiger partial charge in [0, 0.05) is 23.1 Å². The lowest BCUT2D eigenvalue weighted by Gasteiger charge is -2.11. The first-order chi connectivity index (χ1) is 12.9. The van der Waals surface area contributed by atoms with E-state index in [1.165, 1.54) is 4.90 Å². The molecule has 0 spiro atoms. The lowest BCUT2D eigenvalue weighted by molar-refractivity contribution is 0.0642. The number of aromatic nitrogens is 2. The van der Waals surface area contributed by atoms with Gasteiger partial charge in [-0.1, -0.05) is 0 Å². The predicted molar refractivity (Wildman–Crippen MR) is 97.3 cm³/mol. The van der Waals surface area contributed by atoms with E-state index in [2.05, 4.69) is 20.6 Å². The van der Waals surface area contributed by atoms with Crippen LogP contribution < -0.4 is 10.6 Å². The first kappa shape index (κ1) is 17.1. The topological polar surface area (TPSA) is 104 Å². The van der Waals surface area contributed by atoms with Crippen LogP contribution in [-0.4, -0.2) is 38.8 Å². The maximum atomic E-state index is 12.5. The molecule has 4 amide bonds. The fourth-order valence-corrected chi connectivity index (χ4v) is 3.21. The van der Waals surface area contributed by atoms with E-state index < -0.39 is 6.03 Å². The van der Waals surface area contributed by atoms with Crippen molar-refractivity contribution < 1.29 is 14.4 Å². The summed E-state index contributed by atoms with van der Waals surface area (Å²) < 4.78 is 0. The Morgan fingerprint density at radius 2 is 1.74 bits per heavy atom. The average Bonchev–Trinajstić information content (AvgIpc) is 3.40. The number of fused-ring (bicyclic) bond motifs is 1. The summed E-state index contributed by atoms with van der Waals surface area (Å²) in [7, 11) is 0. The van der Waals surface area contributed by atoms with Gasteiger partial charge in [0.05, 0.1) is 17.7 Å². The molecule has 8 nitrogen and oxygen atoms in total. The predicted octanol–water partition coefficient (Wildman–Crippen LogP) is 2.17. The van der Waals surface area contributed by atoms with Crippen LogP contribution in [-0.2, 0) is 6.54 Å². The molecule has 27 heavy (non-hydrogen) atoms. The zero-order chi connectivity index (χ0) is 19.1. The van der Waals surface area contributed by atoms with E-state index in [1.54, 1.807) is 18.2 Å². The van der Waals surface area contributed by atoms with E-state index in [0.717, 1.165) is 24.2 Å². The second kappa shape index (κ2) is 6.46. The third-order valence-electron chi connectivity index (χ3n) is 4.52. The summed E-state index contributed by atoms with van der Waals surface area (Å²) in [5.74, 6) is -0.0110. The van der Waals surface area contributed by atoms with Crippen molar-refractivity contribution in [3.63, 3.8) is 0 Å². The minimum absolute atomic E-state index is 0.0230. The Morgan fingerprint density at radius 1 is 1.07 bits per heavy atom. The van der Waals surface area contributed by atoms with Crippen molar-refractivity contribution in [2.75, 3.05) is 5.32 Å². The average molecular weight is 365 g/mol. The van der Waals surface area contributed by atoms with Crippen molar-refractivity contribution in [1.29, 1.82) is 0 Å². The molecule has 1 aliphatic carbocycles. The maximum absolute atomic E-state index is 12.5. The van der Waals surface area contributed by atoms with Crippen LogP contribution in [0.4, 0.5) is 10.5 Å². The maximum Gasteiger partial charge on any atom is 0.319 e. The molecule has 2 aromatic rings. The highest BCUT2D eigenvalue weighted by Crippen LogP contribution is 2.35. The summed E-state index contributed by atoms with van der Waals surface area (Å²) in [4.78, 5) is 46.8. The smallest absolute Gasteiger partial charge is 0.319 e. The molecule has 2 aliphatic rings. The van der Waals surface area contributed by atoms with Crippen LogP contribution in [0.2, 0.25) is 0 Å². The Balaban J connectivity index is 1.42. The minimum Gasteiger partial charge on any atom is -0.331 e. The molecular formula is C19H19N5O3. The fraction of sp³-hybridized carbons (Fsp3) is 0.316. The molecule has 8 heteroatoms. The molecule has 2 heterocycles. The largest absolute Gasteiger partial charge is 0.331 e. The number of hydrogen-bond donors (Lipinski definition) is 2. The molecule has 1 aromatic carbocycles. The van der Waals surface area contributed by atoms with Gasteiger partial charge in [0.25, 0.3) is 11.8 Å². The summed E-state index contributed by atoms with van der Waals surface area (Å²) in [6.45, 7) is 3.92. The molecule has 1 saturated carbocycles. The fourth-order valence-electron chi connectivity index (χ4n) is 3.21. The van der Waals surface area contributed by atoms with Crippen molar-refractivity contribution in [2.45, 2.75) is 39.3 Å². The normalized spacial score (nSPS) is 15.7. The van der Waals surface area contributed by atoms with Crippen LogP contribution in [0.5, 0.6) is 0 Å². The molecular weight excluding hydrogens is 346 g/mol. The monoisotopic (exact) mass is 365 g/mol. The van der Waals surface area contributed by atoms with E-state index in [9.17, 15) is 14.4 Å². The Morgan fingerprint density at radius 3 is 2.41 bits per heavy atom. The van der Waals surface area contributed by atoms with Crippen LogP contribution in [0, 0.1) is 13.8 Å². The van der Waals surface area contributed by atoms with Crippen LogP contribution in [0.25, 0.3) is 0 Å². The van der Waals surface area contributed by atoms with Crippen molar-refractivity contribution >= 4 is 23.5 Å². The molecule has 138 valence electrons. The molecule has 1 aromatic heterocycles. The molecule has 0 saturated heterocycles. The summed E-state index contributed by atoms with van der Waals surface area (Å²) in [5, 5.41) is 5.37. The van der Waals surface area contributed by atoms with Crippen molar-refractivity contribution in [2.24, 2.45) is 0 Å². The lowest BCUT2D eigenvalue weighted by Crippen LogP contribution is -2.31. The highest BCUT2D eigenvalue weighted by atomic mass is 16.2. The van der Waals surface area contributed by atoms with Crippen LogP contribution >= 0.6 is 0 Å². The summed E-state index contributed by atoms with van der Waals surface area (Å²) >= 11 is 0. The SMILES string of the molecule is Cc1cc(C)nc(CNC(=O)Nc2ccc3c(c2)C(=O)N(C2CC2)C3=O)n1. The second-order valence-electron chi connectivity index (χ2n) is 6.85. The van der Waals surface area contributed by atoms with Gasteiger partial charge in [0.1, 0.15) is 5.82 Å². The van der Waals surface area contributed by atoms with Crippen LogP contribution in [0.15, 0.2) is 24.3 Å². The number of imide groups is 1. The highest BCUT2D eigenvalue weighted by molar-refractivity contribution is 6.22. The minimum atomic E-state index is -0.437. The number of hydrogen-bond acceptors (Lipinski definition) is 5. The number of anilines is 1. The molecule has 2 N–H and O–H groups in total. The van der Waals surface area contributed by atoms with Crippen molar-refractivity contribution in [1.82, 2.24) is 20.2 Å². The number of carbonyl (C=O) groups is 3. The first-order valence-corrected chi connectivity index (χ1v) is 8.80. The van der Waals surface area contributed by atoms with Gasteiger partial charge in [0.2, 0.25) is 0 Å². The number of benzene rings is 1. The van der Waals surface area contributed by atoms with E-state index in [4.69, 9.17) is 0 Å². The van der Waals surface area contributed by atoms with Crippen molar-refractivity contribution in [3.8, 4) is 0 Å². The number of aryl methyl sites for hydroxylation is 2. The molecule has 1 aliphatic heterocycles. The number of nitrogens with zero attached hydrogens (tertiary/aromatic N) is 3. The van der Waals surface area contributed by atoms with E-state index >= 15 is 0 Å². The van der Waals surface area contributed by atoms with E-state index in [1.807, 2.05) is 19.9 Å². The summed E-state index contributed by atoms with van der Waals surface area (Å²) in [5.41, 5.74) is 2.85. The third kappa shape index (κ3) is 3.38. The van der Waals surface area contributed by atoms with Gasteiger partial charge in [-0.2, -0.15) is 0 Å². The van der Waals surface area contributed by atoms with Gasteiger partial charge in [0.15, 0.2) is 0 Å². The molecule has 0 bridgehead atoms. The summed E-state index contributed by atoms with van der Waals surface area (Å²) in [6.07, 6.45) is 1.72.